The summed E-state index contributed by atoms with van der Waals surface area (Å²) in [7, 11) is 2.15. The Morgan fingerprint density at radius 1 is 1.67 bits per heavy atom. The number of rotatable bonds is 5. The second kappa shape index (κ2) is 6.06. The molecular formula is C12H18N4OS. The number of nitrogens with two attached hydrogens (primary N) is 1. The van der Waals surface area contributed by atoms with Crippen LogP contribution in [0.4, 0.5) is 0 Å². The predicted molar refractivity (Wildman–Crippen MR) is 73.7 cm³/mol. The molecule has 1 atom stereocenters. The van der Waals surface area contributed by atoms with Crippen LogP contribution in [0.25, 0.3) is 0 Å². The van der Waals surface area contributed by atoms with Gasteiger partial charge in [0.15, 0.2) is 0 Å². The van der Waals surface area contributed by atoms with Gasteiger partial charge in [-0.05, 0) is 38.9 Å². The minimum Gasteiger partial charge on any atom is -0.476 e. The summed E-state index contributed by atoms with van der Waals surface area (Å²) in [5.74, 6) is 0.436. The molecule has 98 valence electrons. The molecule has 1 aromatic heterocycles. The minimum absolute atomic E-state index is 0.290. The normalized spacial score (nSPS) is 19.9. The maximum Gasteiger partial charge on any atom is 0.243 e. The molecule has 0 aromatic carbocycles. The molecule has 1 saturated heterocycles. The summed E-state index contributed by atoms with van der Waals surface area (Å²) < 4.78 is 5.64. The molecule has 2 rings (SSSR count). The number of thiocarbonyl (C=S) groups is 1. The van der Waals surface area contributed by atoms with Crippen LogP contribution in [0.5, 0.6) is 5.88 Å². The zero-order chi connectivity index (χ0) is 13.0. The number of hydrogen-bond acceptors (Lipinski definition) is 5. The van der Waals surface area contributed by atoms with Crippen LogP contribution in [0.2, 0.25) is 0 Å². The Morgan fingerprint density at radius 2 is 2.50 bits per heavy atom. The highest BCUT2D eigenvalue weighted by Gasteiger charge is 2.20. The van der Waals surface area contributed by atoms with E-state index in [0.717, 1.165) is 6.42 Å². The molecule has 1 aliphatic rings. The Hall–Kier alpha value is -1.27. The lowest BCUT2D eigenvalue weighted by Crippen LogP contribution is -2.26. The van der Waals surface area contributed by atoms with Crippen molar-refractivity contribution in [3.05, 3.63) is 17.8 Å². The first-order valence-corrected chi connectivity index (χ1v) is 6.54. The molecule has 0 aliphatic carbocycles. The molecule has 0 amide bonds. The molecule has 18 heavy (non-hydrogen) atoms. The summed E-state index contributed by atoms with van der Waals surface area (Å²) in [5, 5.41) is 7.72. The number of aromatic nitrogens is 2. The van der Waals surface area contributed by atoms with E-state index in [0.29, 0.717) is 24.1 Å². The van der Waals surface area contributed by atoms with Gasteiger partial charge in [-0.25, -0.2) is 0 Å². The number of nitrogens with zero attached hydrogens (tertiary/aromatic N) is 3. The van der Waals surface area contributed by atoms with Gasteiger partial charge < -0.3 is 15.4 Å². The molecule has 1 fully saturated rings. The molecule has 0 bridgehead atoms. The zero-order valence-corrected chi connectivity index (χ0v) is 11.3. The highest BCUT2D eigenvalue weighted by Crippen LogP contribution is 2.19. The smallest absolute Gasteiger partial charge is 0.243 e. The van der Waals surface area contributed by atoms with Gasteiger partial charge in [0.2, 0.25) is 5.88 Å². The van der Waals surface area contributed by atoms with Crippen LogP contribution >= 0.6 is 12.2 Å². The monoisotopic (exact) mass is 266 g/mol. The van der Waals surface area contributed by atoms with Gasteiger partial charge in [0.05, 0.1) is 18.4 Å². The molecule has 1 aromatic rings. The number of ether oxygens (including phenoxy) is 1. The SMILES string of the molecule is CN1CCCC1CCOc1nnccc1C(N)=S. The molecule has 5 nitrogen and oxygen atoms in total. The first-order chi connectivity index (χ1) is 8.68. The van der Waals surface area contributed by atoms with E-state index < -0.39 is 0 Å². The van der Waals surface area contributed by atoms with Crippen LogP contribution in [0.15, 0.2) is 12.3 Å². The van der Waals surface area contributed by atoms with Gasteiger partial charge >= 0.3 is 0 Å². The largest absolute Gasteiger partial charge is 0.476 e. The van der Waals surface area contributed by atoms with Crippen molar-refractivity contribution in [3.8, 4) is 5.88 Å². The Morgan fingerprint density at radius 3 is 3.17 bits per heavy atom. The van der Waals surface area contributed by atoms with Crippen LogP contribution in [0.3, 0.4) is 0 Å². The predicted octanol–water partition coefficient (Wildman–Crippen LogP) is 0.974. The fraction of sp³-hybridized carbons (Fsp3) is 0.583. The van der Waals surface area contributed by atoms with Gasteiger partial charge in [0.25, 0.3) is 0 Å². The van der Waals surface area contributed by atoms with E-state index >= 15 is 0 Å². The first-order valence-electron chi connectivity index (χ1n) is 6.13. The summed E-state index contributed by atoms with van der Waals surface area (Å²) >= 11 is 4.95. The maximum absolute atomic E-state index is 5.64. The van der Waals surface area contributed by atoms with E-state index in [-0.39, 0.29) is 4.99 Å². The molecule has 2 heterocycles. The van der Waals surface area contributed by atoms with Crippen molar-refractivity contribution in [1.29, 1.82) is 0 Å². The lowest BCUT2D eigenvalue weighted by atomic mass is 10.1. The van der Waals surface area contributed by atoms with E-state index in [9.17, 15) is 0 Å². The quantitative estimate of drug-likeness (QED) is 0.801. The summed E-state index contributed by atoms with van der Waals surface area (Å²) in [6, 6.07) is 2.33. The van der Waals surface area contributed by atoms with Gasteiger partial charge in [0, 0.05) is 6.04 Å². The van der Waals surface area contributed by atoms with E-state index in [1.165, 1.54) is 19.4 Å². The molecule has 1 aliphatic heterocycles. The van der Waals surface area contributed by atoms with E-state index in [1.807, 2.05) is 0 Å². The van der Waals surface area contributed by atoms with Gasteiger partial charge in [-0.2, -0.15) is 5.10 Å². The molecular weight excluding hydrogens is 248 g/mol. The first kappa shape index (κ1) is 13.2. The standard InChI is InChI=1S/C12H18N4OS/c1-16-7-2-3-9(16)5-8-17-12-10(11(13)18)4-6-14-15-12/h4,6,9H,2-3,5,7-8H2,1H3,(H2,13,18). The summed E-state index contributed by atoms with van der Waals surface area (Å²) in [4.78, 5) is 2.66. The van der Waals surface area contributed by atoms with Crippen LogP contribution < -0.4 is 10.5 Å². The number of likely N-dealkylation sites (tertiary alicyclic amines) is 1. The lowest BCUT2D eigenvalue weighted by Gasteiger charge is -2.19. The second-order valence-electron chi connectivity index (χ2n) is 4.53. The van der Waals surface area contributed by atoms with Crippen molar-refractivity contribution in [2.45, 2.75) is 25.3 Å². The summed E-state index contributed by atoms with van der Waals surface area (Å²) in [6.07, 6.45) is 5.06. The second-order valence-corrected chi connectivity index (χ2v) is 4.97. The molecule has 0 radical (unpaired) electrons. The van der Waals surface area contributed by atoms with Crippen molar-refractivity contribution >= 4 is 17.2 Å². The molecule has 0 saturated carbocycles. The van der Waals surface area contributed by atoms with Crippen LogP contribution in [0.1, 0.15) is 24.8 Å². The Balaban J connectivity index is 1.88. The van der Waals surface area contributed by atoms with Crippen molar-refractivity contribution < 1.29 is 4.74 Å². The van der Waals surface area contributed by atoms with Crippen molar-refractivity contribution in [3.63, 3.8) is 0 Å². The Kier molecular flexibility index (Phi) is 4.43. The van der Waals surface area contributed by atoms with E-state index in [1.54, 1.807) is 12.3 Å². The van der Waals surface area contributed by atoms with Gasteiger partial charge in [-0.3, -0.25) is 0 Å². The topological polar surface area (TPSA) is 64.3 Å². The van der Waals surface area contributed by atoms with E-state index in [4.69, 9.17) is 22.7 Å². The van der Waals surface area contributed by atoms with Gasteiger partial charge in [-0.1, -0.05) is 12.2 Å². The average molecular weight is 266 g/mol. The van der Waals surface area contributed by atoms with Crippen LogP contribution in [-0.4, -0.2) is 46.3 Å². The molecule has 0 spiro atoms. The lowest BCUT2D eigenvalue weighted by molar-refractivity contribution is 0.227. The van der Waals surface area contributed by atoms with Crippen molar-refractivity contribution in [2.75, 3.05) is 20.2 Å². The van der Waals surface area contributed by atoms with E-state index in [2.05, 4.69) is 22.1 Å². The van der Waals surface area contributed by atoms with Gasteiger partial charge in [-0.15, -0.1) is 5.10 Å². The fourth-order valence-electron chi connectivity index (χ4n) is 2.25. The van der Waals surface area contributed by atoms with Crippen molar-refractivity contribution in [2.24, 2.45) is 5.73 Å². The molecule has 6 heteroatoms. The van der Waals surface area contributed by atoms with Crippen LogP contribution in [0, 0.1) is 0 Å². The third kappa shape index (κ3) is 3.14. The third-order valence-electron chi connectivity index (χ3n) is 3.31. The zero-order valence-electron chi connectivity index (χ0n) is 10.5. The number of hydrogen-bond donors (Lipinski definition) is 1. The van der Waals surface area contributed by atoms with Crippen LogP contribution in [-0.2, 0) is 0 Å². The summed E-state index contributed by atoms with van der Waals surface area (Å²) in [5.41, 5.74) is 6.26. The maximum atomic E-state index is 5.64. The Labute approximate surface area is 112 Å². The summed E-state index contributed by atoms with van der Waals surface area (Å²) in [6.45, 7) is 1.79. The highest BCUT2D eigenvalue weighted by molar-refractivity contribution is 7.80. The Bertz CT molecular complexity index is 426. The molecule has 2 N–H and O–H groups in total. The molecule has 1 unspecified atom stereocenters. The van der Waals surface area contributed by atoms with Crippen molar-refractivity contribution in [1.82, 2.24) is 15.1 Å². The van der Waals surface area contributed by atoms with Gasteiger partial charge in [0.1, 0.15) is 4.99 Å². The minimum atomic E-state index is 0.290. The average Bonchev–Trinajstić information content (AvgIpc) is 2.76. The fourth-order valence-corrected chi connectivity index (χ4v) is 2.40. The third-order valence-corrected chi connectivity index (χ3v) is 3.53. The highest BCUT2D eigenvalue weighted by atomic mass is 32.1.